The summed E-state index contributed by atoms with van der Waals surface area (Å²) >= 11 is 0. The summed E-state index contributed by atoms with van der Waals surface area (Å²) in [6, 6.07) is 0. The fourth-order valence-corrected chi connectivity index (χ4v) is 10.3. The van der Waals surface area contributed by atoms with Crippen molar-refractivity contribution < 1.29 is 173 Å². The Balaban J connectivity index is 1.08. The number of aliphatic hydroxyl groups is 20. The maximum absolute atomic E-state index is 12.4. The Hall–Kier alpha value is -1.69. The lowest BCUT2D eigenvalue weighted by atomic mass is 9.95. The minimum absolute atomic E-state index is 0.0401. The number of ether oxygens (including phenoxy) is 14. The second-order valence-corrected chi connectivity index (χ2v) is 19.5. The van der Waals surface area contributed by atoms with E-state index in [9.17, 15) is 107 Å². The van der Waals surface area contributed by atoms with Crippen LogP contribution in [0.3, 0.4) is 0 Å². The summed E-state index contributed by atoms with van der Waals surface area (Å²) in [7, 11) is 0. The van der Waals surface area contributed by atoms with E-state index in [-0.39, 0.29) is 6.29 Å². The largest absolute Gasteiger partial charge is 0.394 e. The number of carbonyl (C=O) groups excluding carboxylic acids is 1. The van der Waals surface area contributed by atoms with E-state index in [2.05, 4.69) is 0 Å². The molecule has 35 nitrogen and oxygen atoms in total. The highest BCUT2D eigenvalue weighted by Crippen LogP contribution is 2.38. The average Bonchev–Trinajstić information content (AvgIpc) is 3.47. The van der Waals surface area contributed by atoms with Gasteiger partial charge in [-0.3, -0.25) is 0 Å². The van der Waals surface area contributed by atoms with Gasteiger partial charge in [0.1, 0.15) is 171 Å². The molecule has 77 heavy (non-hydrogen) atoms. The van der Waals surface area contributed by atoms with Crippen molar-refractivity contribution >= 4 is 6.29 Å². The van der Waals surface area contributed by atoms with Gasteiger partial charge < -0.3 is 173 Å². The molecule has 20 N–H and O–H groups in total. The van der Waals surface area contributed by atoms with Crippen molar-refractivity contribution in [2.45, 2.75) is 215 Å². The monoisotopic (exact) mass is 1130 g/mol. The maximum atomic E-state index is 12.4. The minimum atomic E-state index is -2.25. The second kappa shape index (κ2) is 25.8. The number of rotatable bonds is 7. The molecule has 0 aromatic heterocycles. The zero-order valence-corrected chi connectivity index (χ0v) is 40.1. The van der Waals surface area contributed by atoms with Crippen molar-refractivity contribution in [2.24, 2.45) is 0 Å². The second-order valence-electron chi connectivity index (χ2n) is 19.5. The average molecular weight is 1130 g/mol. The van der Waals surface area contributed by atoms with Crippen LogP contribution >= 0.6 is 0 Å². The molecule has 35 unspecified atom stereocenters. The molecule has 21 aliphatic rings. The fourth-order valence-electron chi connectivity index (χ4n) is 10.3. The fraction of sp³-hybridized carbons (Fsp3) is 0.976. The van der Waals surface area contributed by atoms with E-state index in [0.717, 1.165) is 0 Å². The molecule has 0 aromatic carbocycles. The lowest BCUT2D eigenvalue weighted by Gasteiger charge is -2.50. The van der Waals surface area contributed by atoms with Crippen LogP contribution < -0.4 is 0 Å². The molecule has 446 valence electrons. The molecular formula is C42H68O35. The number of hydrogen-bond donors (Lipinski definition) is 20. The van der Waals surface area contributed by atoms with E-state index < -0.39 is 255 Å². The molecule has 35 atom stereocenters. The molecule has 0 aromatic rings. The molecule has 0 amide bonds. The van der Waals surface area contributed by atoms with Crippen LogP contribution in [0.1, 0.15) is 0 Å². The smallest absolute Gasteiger partial charge is 0.187 e. The van der Waals surface area contributed by atoms with E-state index in [4.69, 9.17) is 66.3 Å². The summed E-state index contributed by atoms with van der Waals surface area (Å²) in [5.74, 6) is 0. The van der Waals surface area contributed by atoms with E-state index in [0.29, 0.717) is 0 Å². The molecule has 35 heteroatoms. The zero-order chi connectivity index (χ0) is 56.1. The van der Waals surface area contributed by atoms with Gasteiger partial charge in [-0.05, 0) is 0 Å². The van der Waals surface area contributed by atoms with Crippen molar-refractivity contribution in [3.05, 3.63) is 0 Å². The molecule has 0 spiro atoms. The normalized spacial score (nSPS) is 55.3. The molecular weight excluding hydrogens is 1060 g/mol. The number of hydrogen-bond acceptors (Lipinski definition) is 35. The van der Waals surface area contributed by atoms with Gasteiger partial charge in [-0.15, -0.1) is 0 Å². The standard InChI is InChI=1S/C42H68O35/c43-1-8-29-15(50)22(57)36(64-8)72-30-9(2-44)66-38(24(59)17(30)52)74-32-11(4-46)68-40(26(61)19(32)54)76-34-13(6-48)70-42(28(63)21(34)56)77-35-14(7-49)69-41(27(62)20(35)55)75-33-12(5-47)67-39(25(60)18(33)53)73-31-10(3-45)65-37(71-29)23(58)16(31)51/h1,8-42,44-63H,2-7H2. The van der Waals surface area contributed by atoms with Gasteiger partial charge >= 0.3 is 0 Å². The zero-order valence-electron chi connectivity index (χ0n) is 40.1. The summed E-state index contributed by atoms with van der Waals surface area (Å²) in [6.07, 6.45) is -71.2. The lowest BCUT2D eigenvalue weighted by molar-refractivity contribution is -0.396. The van der Waals surface area contributed by atoms with E-state index in [1.165, 1.54) is 0 Å². The Morgan fingerprint density at radius 1 is 0.221 bits per heavy atom. The molecule has 21 rings (SSSR count). The molecule has 0 radical (unpaired) electrons. The van der Waals surface area contributed by atoms with Crippen LogP contribution in [0.4, 0.5) is 0 Å². The third kappa shape index (κ3) is 12.0. The number of aldehydes is 1. The first-order valence-corrected chi connectivity index (χ1v) is 24.5. The molecule has 21 heterocycles. The molecule has 21 aliphatic heterocycles. The predicted molar refractivity (Wildman–Crippen MR) is 227 cm³/mol. The summed E-state index contributed by atoms with van der Waals surface area (Å²) < 4.78 is 79.1. The highest BCUT2D eigenvalue weighted by atomic mass is 16.8. The van der Waals surface area contributed by atoms with Crippen molar-refractivity contribution in [2.75, 3.05) is 39.6 Å². The Kier molecular flexibility index (Phi) is 20.6. The van der Waals surface area contributed by atoms with Crippen molar-refractivity contribution in [1.29, 1.82) is 0 Å². The van der Waals surface area contributed by atoms with Gasteiger partial charge in [0.15, 0.2) is 50.3 Å². The van der Waals surface area contributed by atoms with Crippen molar-refractivity contribution in [1.82, 2.24) is 0 Å². The summed E-state index contributed by atoms with van der Waals surface area (Å²) in [6.45, 7) is -6.35. The first-order chi connectivity index (χ1) is 36.7. The van der Waals surface area contributed by atoms with Crippen LogP contribution in [0, 0.1) is 0 Å². The molecule has 14 bridgehead atoms. The van der Waals surface area contributed by atoms with E-state index >= 15 is 0 Å². The van der Waals surface area contributed by atoms with Crippen molar-refractivity contribution in [3.8, 4) is 0 Å². The number of carbonyl (C=O) groups is 1. The SMILES string of the molecule is O=CC1OC2OC3C(CO)OC(OC4C(CO)OC(OC5C(CO)OC(OC6C(CO)OC(OC7C(CO)OC(OC8C(CO)OC(OC1C(O)C2O)C(O)C8O)C(O)C7O)C(O)C6O)C(O)C5O)C(O)C4O)C(O)C3O. The Bertz CT molecular complexity index is 1850. The molecule has 21 fully saturated rings. The summed E-state index contributed by atoms with van der Waals surface area (Å²) in [5.41, 5.74) is 0. The van der Waals surface area contributed by atoms with Gasteiger partial charge in [-0.2, -0.15) is 0 Å². The van der Waals surface area contributed by atoms with Crippen LogP contribution in [0.2, 0.25) is 0 Å². The molecule has 0 aliphatic carbocycles. The maximum Gasteiger partial charge on any atom is 0.187 e. The first kappa shape index (κ1) is 61.4. The van der Waals surface area contributed by atoms with Crippen molar-refractivity contribution in [3.63, 3.8) is 0 Å². The lowest BCUT2D eigenvalue weighted by Crippen LogP contribution is -2.68. The van der Waals surface area contributed by atoms with Crippen LogP contribution in [-0.4, -0.2) is 363 Å². The van der Waals surface area contributed by atoms with Gasteiger partial charge in [-0.25, -0.2) is 0 Å². The Labute approximate surface area is 433 Å². The van der Waals surface area contributed by atoms with Gasteiger partial charge in [0, 0.05) is 0 Å². The summed E-state index contributed by atoms with van der Waals surface area (Å²) in [5, 5.41) is 220. The van der Waals surface area contributed by atoms with E-state index in [1.54, 1.807) is 0 Å². The topological polar surface area (TPSA) is 551 Å². The summed E-state index contributed by atoms with van der Waals surface area (Å²) in [4.78, 5) is 12.4. The Morgan fingerprint density at radius 2 is 0.377 bits per heavy atom. The first-order valence-electron chi connectivity index (χ1n) is 24.5. The third-order valence-corrected chi connectivity index (χ3v) is 14.7. The van der Waals surface area contributed by atoms with Crippen LogP contribution in [0.15, 0.2) is 0 Å². The van der Waals surface area contributed by atoms with Gasteiger partial charge in [0.2, 0.25) is 0 Å². The highest BCUT2D eigenvalue weighted by Gasteiger charge is 2.59. The van der Waals surface area contributed by atoms with Crippen LogP contribution in [0.5, 0.6) is 0 Å². The van der Waals surface area contributed by atoms with Gasteiger partial charge in [0.05, 0.1) is 39.6 Å². The van der Waals surface area contributed by atoms with Crippen LogP contribution in [0.25, 0.3) is 0 Å². The third-order valence-electron chi connectivity index (χ3n) is 14.7. The Morgan fingerprint density at radius 3 is 0.545 bits per heavy atom. The van der Waals surface area contributed by atoms with E-state index in [1.807, 2.05) is 0 Å². The van der Waals surface area contributed by atoms with Gasteiger partial charge in [0.25, 0.3) is 0 Å². The highest BCUT2D eigenvalue weighted by molar-refractivity contribution is 5.57. The van der Waals surface area contributed by atoms with Crippen LogP contribution in [-0.2, 0) is 71.1 Å². The molecule has 0 saturated carbocycles. The number of aliphatic hydroxyl groups excluding tert-OH is 20. The predicted octanol–water partition coefficient (Wildman–Crippen LogP) is -15.0. The van der Waals surface area contributed by atoms with Gasteiger partial charge in [-0.1, -0.05) is 0 Å². The quantitative estimate of drug-likeness (QED) is 0.105. The molecule has 21 saturated heterocycles. The minimum Gasteiger partial charge on any atom is -0.394 e.